The highest BCUT2D eigenvalue weighted by Gasteiger charge is 2.16. The molecule has 0 saturated carbocycles. The summed E-state index contributed by atoms with van der Waals surface area (Å²) in [6, 6.07) is 3.37. The van der Waals surface area contributed by atoms with Gasteiger partial charge in [0.2, 0.25) is 0 Å². The molecule has 17 heavy (non-hydrogen) atoms. The van der Waals surface area contributed by atoms with Crippen molar-refractivity contribution in [2.45, 2.75) is 19.6 Å². The van der Waals surface area contributed by atoms with Gasteiger partial charge in [-0.3, -0.25) is 15.0 Å². The van der Waals surface area contributed by atoms with Crippen molar-refractivity contribution in [3.05, 3.63) is 39.7 Å². The van der Waals surface area contributed by atoms with E-state index in [-0.39, 0.29) is 12.2 Å². The third kappa shape index (κ3) is 4.08. The number of hydrogen-bond donors (Lipinski definition) is 1. The van der Waals surface area contributed by atoms with Crippen molar-refractivity contribution < 1.29 is 14.4 Å². The van der Waals surface area contributed by atoms with Gasteiger partial charge in [0.05, 0.1) is 11.0 Å². The number of nitrogens with zero attached hydrogens (tertiary/aromatic N) is 2. The number of benzene rings is 1. The maximum absolute atomic E-state index is 13.0. The number of hydrogen-bond acceptors (Lipinski definition) is 4. The molecular weight excluding hydrogens is 227 g/mol. The summed E-state index contributed by atoms with van der Waals surface area (Å²) in [7, 11) is 1.71. The topological polar surface area (TPSA) is 66.6 Å². The van der Waals surface area contributed by atoms with Crippen LogP contribution in [0.25, 0.3) is 0 Å². The van der Waals surface area contributed by atoms with Gasteiger partial charge >= 0.3 is 0 Å². The van der Waals surface area contributed by atoms with Gasteiger partial charge in [-0.25, -0.2) is 4.39 Å². The van der Waals surface area contributed by atoms with Crippen molar-refractivity contribution in [2.24, 2.45) is 0 Å². The molecule has 1 aromatic carbocycles. The lowest BCUT2D eigenvalue weighted by atomic mass is 10.1. The molecule has 0 heterocycles. The summed E-state index contributed by atoms with van der Waals surface area (Å²) in [6.45, 7) is 2.21. The second-order valence-electron chi connectivity index (χ2n) is 4.08. The second-order valence-corrected chi connectivity index (χ2v) is 4.08. The summed E-state index contributed by atoms with van der Waals surface area (Å²) in [4.78, 5) is 11.9. The number of nitro benzene ring substituents is 1. The average Bonchev–Trinajstić information content (AvgIpc) is 2.15. The molecule has 1 unspecified atom stereocenters. The monoisotopic (exact) mass is 242 g/mol. The molecule has 1 rings (SSSR count). The van der Waals surface area contributed by atoms with Crippen LogP contribution in [0.2, 0.25) is 0 Å². The van der Waals surface area contributed by atoms with Crippen LogP contribution >= 0.6 is 0 Å². The van der Waals surface area contributed by atoms with E-state index in [9.17, 15) is 19.6 Å². The Morgan fingerprint density at radius 1 is 1.59 bits per heavy atom. The lowest BCUT2D eigenvalue weighted by Crippen LogP contribution is -2.27. The Kier molecular flexibility index (Phi) is 4.53. The molecule has 1 N–H and O–H groups in total. The Bertz CT molecular complexity index is 410. The molecule has 0 saturated heterocycles. The third-order valence-electron chi connectivity index (χ3n) is 2.25. The molecule has 0 aliphatic heterocycles. The highest BCUT2D eigenvalue weighted by molar-refractivity contribution is 5.40. The zero-order chi connectivity index (χ0) is 13.0. The number of nitro groups is 1. The van der Waals surface area contributed by atoms with E-state index >= 15 is 0 Å². The number of aliphatic hydroxyl groups excluding tert-OH is 1. The van der Waals surface area contributed by atoms with Crippen molar-refractivity contribution in [3.63, 3.8) is 0 Å². The number of aliphatic hydroxyl groups is 1. The summed E-state index contributed by atoms with van der Waals surface area (Å²) < 4.78 is 13.0. The molecule has 94 valence electrons. The number of rotatable bonds is 5. The molecule has 0 aromatic heterocycles. The normalized spacial score (nSPS) is 12.8. The molecule has 0 amide bonds. The third-order valence-corrected chi connectivity index (χ3v) is 2.25. The largest absolute Gasteiger partial charge is 0.392 e. The van der Waals surface area contributed by atoms with Crippen molar-refractivity contribution in [3.8, 4) is 0 Å². The van der Waals surface area contributed by atoms with Gasteiger partial charge in [-0.1, -0.05) is 0 Å². The first-order valence-electron chi connectivity index (χ1n) is 5.19. The maximum Gasteiger partial charge on any atom is 0.274 e. The first-order chi connectivity index (χ1) is 7.90. The first kappa shape index (κ1) is 13.5. The summed E-state index contributed by atoms with van der Waals surface area (Å²) in [6.07, 6.45) is -0.535. The number of likely N-dealkylation sites (N-methyl/N-ethyl adjacent to an activating group) is 1. The Labute approximate surface area is 98.6 Å². The van der Waals surface area contributed by atoms with Crippen LogP contribution in [0.4, 0.5) is 10.1 Å². The first-order valence-corrected chi connectivity index (χ1v) is 5.19. The highest BCUT2D eigenvalue weighted by atomic mass is 19.1. The van der Waals surface area contributed by atoms with E-state index in [4.69, 9.17) is 0 Å². The predicted octanol–water partition coefficient (Wildman–Crippen LogP) is 1.55. The molecule has 0 fully saturated rings. The van der Waals surface area contributed by atoms with Gasteiger partial charge in [0.15, 0.2) is 0 Å². The van der Waals surface area contributed by atoms with E-state index in [2.05, 4.69) is 0 Å². The van der Waals surface area contributed by atoms with E-state index in [0.29, 0.717) is 12.1 Å². The van der Waals surface area contributed by atoms with E-state index in [1.807, 2.05) is 0 Å². The maximum atomic E-state index is 13.0. The van der Waals surface area contributed by atoms with Crippen LogP contribution in [0.5, 0.6) is 0 Å². The minimum atomic E-state index is -0.537. The molecule has 0 aliphatic carbocycles. The molecule has 6 heteroatoms. The Balaban J connectivity index is 2.88. The standard InChI is InChI=1S/C11H15FN2O3/c1-8(15)6-13(2)7-9-5-10(12)3-4-11(9)14(16)17/h3-5,8,15H,6-7H2,1-2H3. The van der Waals surface area contributed by atoms with Crippen LogP contribution in [-0.4, -0.2) is 34.6 Å². The van der Waals surface area contributed by atoms with E-state index < -0.39 is 16.8 Å². The van der Waals surface area contributed by atoms with Gasteiger partial charge in [-0.2, -0.15) is 0 Å². The summed E-state index contributed by atoms with van der Waals surface area (Å²) in [5.41, 5.74) is 0.196. The van der Waals surface area contributed by atoms with Crippen molar-refractivity contribution in [1.82, 2.24) is 4.90 Å². The van der Waals surface area contributed by atoms with Crippen LogP contribution in [0.15, 0.2) is 18.2 Å². The zero-order valence-corrected chi connectivity index (χ0v) is 9.76. The van der Waals surface area contributed by atoms with Crippen molar-refractivity contribution in [2.75, 3.05) is 13.6 Å². The van der Waals surface area contributed by atoms with Gasteiger partial charge in [0, 0.05) is 24.7 Å². The summed E-state index contributed by atoms with van der Waals surface area (Å²) >= 11 is 0. The Morgan fingerprint density at radius 3 is 2.76 bits per heavy atom. The fraction of sp³-hybridized carbons (Fsp3) is 0.455. The van der Waals surface area contributed by atoms with E-state index in [1.54, 1.807) is 18.9 Å². The lowest BCUT2D eigenvalue weighted by Gasteiger charge is -2.18. The Hall–Kier alpha value is -1.53. The van der Waals surface area contributed by atoms with Gasteiger partial charge in [-0.15, -0.1) is 0 Å². The SMILES string of the molecule is CC(O)CN(C)Cc1cc(F)ccc1[N+](=O)[O-]. The van der Waals surface area contributed by atoms with Gasteiger partial charge in [-0.05, 0) is 26.1 Å². The number of halogens is 1. The van der Waals surface area contributed by atoms with Crippen LogP contribution in [0.3, 0.4) is 0 Å². The van der Waals surface area contributed by atoms with Crippen LogP contribution in [-0.2, 0) is 6.54 Å². The molecule has 0 spiro atoms. The molecular formula is C11H15FN2O3. The Morgan fingerprint density at radius 2 is 2.24 bits per heavy atom. The minimum absolute atomic E-state index is 0.108. The highest BCUT2D eigenvalue weighted by Crippen LogP contribution is 2.20. The quantitative estimate of drug-likeness (QED) is 0.628. The van der Waals surface area contributed by atoms with Crippen molar-refractivity contribution in [1.29, 1.82) is 0 Å². The van der Waals surface area contributed by atoms with E-state index in [0.717, 1.165) is 18.2 Å². The van der Waals surface area contributed by atoms with Crippen molar-refractivity contribution >= 4 is 5.69 Å². The van der Waals surface area contributed by atoms with Gasteiger partial charge in [0.1, 0.15) is 5.82 Å². The fourth-order valence-corrected chi connectivity index (χ4v) is 1.67. The molecule has 0 bridgehead atoms. The van der Waals surface area contributed by atoms with Crippen LogP contribution < -0.4 is 0 Å². The molecule has 0 radical (unpaired) electrons. The minimum Gasteiger partial charge on any atom is -0.392 e. The van der Waals surface area contributed by atoms with Gasteiger partial charge < -0.3 is 5.11 Å². The molecule has 0 aliphatic rings. The van der Waals surface area contributed by atoms with Gasteiger partial charge in [0.25, 0.3) is 5.69 Å². The predicted molar refractivity (Wildman–Crippen MR) is 61.1 cm³/mol. The second kappa shape index (κ2) is 5.70. The zero-order valence-electron chi connectivity index (χ0n) is 9.76. The fourth-order valence-electron chi connectivity index (χ4n) is 1.67. The molecule has 5 nitrogen and oxygen atoms in total. The lowest BCUT2D eigenvalue weighted by molar-refractivity contribution is -0.385. The summed E-state index contributed by atoms with van der Waals surface area (Å²) in [5, 5.41) is 19.9. The molecule has 1 aromatic rings. The van der Waals surface area contributed by atoms with Crippen LogP contribution in [0.1, 0.15) is 12.5 Å². The van der Waals surface area contributed by atoms with Crippen LogP contribution in [0, 0.1) is 15.9 Å². The average molecular weight is 242 g/mol. The smallest absolute Gasteiger partial charge is 0.274 e. The van der Waals surface area contributed by atoms with E-state index in [1.165, 1.54) is 0 Å². The molecule has 1 atom stereocenters. The summed E-state index contributed by atoms with van der Waals surface area (Å²) in [5.74, 6) is -0.504.